The zero-order valence-electron chi connectivity index (χ0n) is 30.5. The van der Waals surface area contributed by atoms with Gasteiger partial charge in [-0.3, -0.25) is 0 Å². The molecule has 11 heteroatoms. The molecule has 0 saturated heterocycles. The summed E-state index contributed by atoms with van der Waals surface area (Å²) in [4.78, 5) is 0. The van der Waals surface area contributed by atoms with Crippen LogP contribution in [0.5, 0.6) is 0 Å². The van der Waals surface area contributed by atoms with E-state index in [4.69, 9.17) is 52.1 Å². The predicted molar refractivity (Wildman–Crippen MR) is 186 cm³/mol. The van der Waals surface area contributed by atoms with Crippen LogP contribution in [0.3, 0.4) is 0 Å². The number of unbranched alkanes of at least 4 members (excludes halogenated alkanes) is 10. The highest BCUT2D eigenvalue weighted by atomic mass is 16.6. The van der Waals surface area contributed by atoms with Crippen molar-refractivity contribution in [1.29, 1.82) is 0 Å². The summed E-state index contributed by atoms with van der Waals surface area (Å²) in [6.45, 7) is 17.3. The Labute approximate surface area is 288 Å². The largest absolute Gasteiger partial charge is 0.379 e. The van der Waals surface area contributed by atoms with Crippen LogP contribution >= 0.6 is 0 Å². The minimum Gasteiger partial charge on any atom is -0.379 e. The average molecular weight is 683 g/mol. The molecule has 0 radical (unpaired) electrons. The van der Waals surface area contributed by atoms with Crippen LogP contribution in [0.25, 0.3) is 0 Å². The Morgan fingerprint density at radius 3 is 0.574 bits per heavy atom. The maximum atomic E-state index is 5.65. The molecule has 0 rings (SSSR count). The number of hydrogen-bond acceptors (Lipinski definition) is 11. The van der Waals surface area contributed by atoms with E-state index in [1.165, 1.54) is 57.8 Å². The predicted octanol–water partition coefficient (Wildman–Crippen LogP) is 5.89. The maximum Gasteiger partial charge on any atom is 0.0701 e. The van der Waals surface area contributed by atoms with E-state index >= 15 is 0 Å². The fourth-order valence-electron chi connectivity index (χ4n) is 4.24. The van der Waals surface area contributed by atoms with Gasteiger partial charge in [-0.2, -0.15) is 0 Å². The molecule has 0 aromatic carbocycles. The summed E-state index contributed by atoms with van der Waals surface area (Å²) in [5.41, 5.74) is 0. The van der Waals surface area contributed by atoms with Crippen molar-refractivity contribution < 1.29 is 52.1 Å². The molecule has 0 spiro atoms. The van der Waals surface area contributed by atoms with Gasteiger partial charge in [0.2, 0.25) is 0 Å². The molecule has 0 atom stereocenters. The molecule has 0 aromatic heterocycles. The van der Waals surface area contributed by atoms with Gasteiger partial charge in [-0.05, 0) is 12.8 Å². The van der Waals surface area contributed by atoms with Crippen LogP contribution in [0.15, 0.2) is 0 Å². The van der Waals surface area contributed by atoms with E-state index in [-0.39, 0.29) is 0 Å². The zero-order valence-corrected chi connectivity index (χ0v) is 30.5. The highest BCUT2D eigenvalue weighted by Crippen LogP contribution is 2.10. The fourth-order valence-corrected chi connectivity index (χ4v) is 4.24. The summed E-state index contributed by atoms with van der Waals surface area (Å²) in [6.07, 6.45) is 15.7. The SMILES string of the molecule is CCCCCCCCCCCCOCCOCCOCCOCCOCCOCCOCCOCCOCCOCCOCCCC. The van der Waals surface area contributed by atoms with E-state index in [9.17, 15) is 0 Å². The summed E-state index contributed by atoms with van der Waals surface area (Å²) in [5.74, 6) is 0. The zero-order chi connectivity index (χ0) is 33.8. The van der Waals surface area contributed by atoms with Crippen LogP contribution in [0, 0.1) is 0 Å². The molecule has 0 heterocycles. The van der Waals surface area contributed by atoms with Gasteiger partial charge in [-0.1, -0.05) is 78.1 Å². The molecule has 11 nitrogen and oxygen atoms in total. The lowest BCUT2D eigenvalue weighted by Gasteiger charge is -2.09. The summed E-state index contributed by atoms with van der Waals surface area (Å²) in [7, 11) is 0. The molecule has 0 bridgehead atoms. The van der Waals surface area contributed by atoms with Crippen LogP contribution in [0.1, 0.15) is 90.9 Å². The molecule has 0 saturated carbocycles. The van der Waals surface area contributed by atoms with Gasteiger partial charge in [0.05, 0.1) is 132 Å². The Kier molecular flexibility index (Phi) is 45.1. The van der Waals surface area contributed by atoms with Crippen molar-refractivity contribution in [2.45, 2.75) is 90.9 Å². The van der Waals surface area contributed by atoms with Crippen molar-refractivity contribution in [2.24, 2.45) is 0 Å². The lowest BCUT2D eigenvalue weighted by atomic mass is 10.1. The quantitative estimate of drug-likeness (QED) is 0.0720. The molecule has 284 valence electrons. The van der Waals surface area contributed by atoms with Gasteiger partial charge in [0, 0.05) is 13.2 Å². The standard InChI is InChI=1S/C36H74O11/c1-3-5-7-8-9-10-11-12-13-14-16-38-18-20-40-22-24-42-26-28-44-30-32-46-34-36-47-35-33-45-31-29-43-27-25-41-23-21-39-19-17-37-15-6-4-2/h3-36H2,1-2H3. The molecule has 0 fully saturated rings. The molecule has 47 heavy (non-hydrogen) atoms. The van der Waals surface area contributed by atoms with Gasteiger partial charge in [0.1, 0.15) is 0 Å². The number of rotatable bonds is 44. The number of hydrogen-bond donors (Lipinski definition) is 0. The first-order valence-electron chi connectivity index (χ1n) is 18.8. The Morgan fingerprint density at radius 1 is 0.170 bits per heavy atom. The second-order valence-electron chi connectivity index (χ2n) is 11.3. The van der Waals surface area contributed by atoms with Crippen LogP contribution in [-0.2, 0) is 52.1 Å². The van der Waals surface area contributed by atoms with Crippen molar-refractivity contribution in [2.75, 3.05) is 145 Å². The molecular formula is C36H74O11. The first kappa shape index (κ1) is 46.6. The summed E-state index contributed by atoms with van der Waals surface area (Å²) in [6, 6.07) is 0. The van der Waals surface area contributed by atoms with E-state index in [0.29, 0.717) is 132 Å². The Balaban J connectivity index is 3.03. The van der Waals surface area contributed by atoms with Gasteiger partial charge in [0.15, 0.2) is 0 Å². The second-order valence-corrected chi connectivity index (χ2v) is 11.3. The monoisotopic (exact) mass is 683 g/mol. The maximum absolute atomic E-state index is 5.65. The molecule has 0 amide bonds. The van der Waals surface area contributed by atoms with E-state index in [2.05, 4.69) is 13.8 Å². The summed E-state index contributed by atoms with van der Waals surface area (Å²) in [5, 5.41) is 0. The molecule has 0 aliphatic rings. The molecule has 0 unspecified atom stereocenters. The lowest BCUT2D eigenvalue weighted by Crippen LogP contribution is -2.15. The summed E-state index contributed by atoms with van der Waals surface area (Å²) < 4.78 is 60.5. The van der Waals surface area contributed by atoms with E-state index < -0.39 is 0 Å². The highest BCUT2D eigenvalue weighted by molar-refractivity contribution is 4.47. The van der Waals surface area contributed by atoms with E-state index in [0.717, 1.165) is 32.5 Å². The van der Waals surface area contributed by atoms with Crippen LogP contribution in [0.2, 0.25) is 0 Å². The van der Waals surface area contributed by atoms with Crippen LogP contribution in [0.4, 0.5) is 0 Å². The highest BCUT2D eigenvalue weighted by Gasteiger charge is 1.97. The van der Waals surface area contributed by atoms with Gasteiger partial charge in [-0.15, -0.1) is 0 Å². The first-order valence-corrected chi connectivity index (χ1v) is 18.8. The topological polar surface area (TPSA) is 102 Å². The third kappa shape index (κ3) is 45.6. The van der Waals surface area contributed by atoms with Crippen molar-refractivity contribution in [3.05, 3.63) is 0 Å². The van der Waals surface area contributed by atoms with Crippen molar-refractivity contribution in [1.82, 2.24) is 0 Å². The second kappa shape index (κ2) is 45.6. The van der Waals surface area contributed by atoms with Crippen molar-refractivity contribution in [3.63, 3.8) is 0 Å². The Bertz CT molecular complexity index is 487. The lowest BCUT2D eigenvalue weighted by molar-refractivity contribution is -0.0275. The fraction of sp³-hybridized carbons (Fsp3) is 1.00. The minimum atomic E-state index is 0.528. The van der Waals surface area contributed by atoms with Crippen LogP contribution in [-0.4, -0.2) is 145 Å². The molecule has 0 aliphatic carbocycles. The van der Waals surface area contributed by atoms with E-state index in [1.807, 2.05) is 0 Å². The van der Waals surface area contributed by atoms with Crippen molar-refractivity contribution >= 4 is 0 Å². The minimum absolute atomic E-state index is 0.528. The third-order valence-corrected chi connectivity index (χ3v) is 7.00. The van der Waals surface area contributed by atoms with Gasteiger partial charge < -0.3 is 52.1 Å². The molecular weight excluding hydrogens is 608 g/mol. The summed E-state index contributed by atoms with van der Waals surface area (Å²) >= 11 is 0. The number of ether oxygens (including phenoxy) is 11. The van der Waals surface area contributed by atoms with Gasteiger partial charge in [-0.25, -0.2) is 0 Å². The van der Waals surface area contributed by atoms with E-state index in [1.54, 1.807) is 0 Å². The molecule has 0 N–H and O–H groups in total. The van der Waals surface area contributed by atoms with Gasteiger partial charge in [0.25, 0.3) is 0 Å². The first-order chi connectivity index (χ1) is 23.4. The molecule has 0 aliphatic heterocycles. The third-order valence-electron chi connectivity index (χ3n) is 7.00. The van der Waals surface area contributed by atoms with Crippen molar-refractivity contribution in [3.8, 4) is 0 Å². The molecule has 0 aromatic rings. The normalized spacial score (nSPS) is 11.6. The van der Waals surface area contributed by atoms with Gasteiger partial charge >= 0.3 is 0 Å². The smallest absolute Gasteiger partial charge is 0.0701 e. The average Bonchev–Trinajstić information content (AvgIpc) is 3.08. The Morgan fingerprint density at radius 2 is 0.340 bits per heavy atom. The Hall–Kier alpha value is -0.440. The van der Waals surface area contributed by atoms with Crippen LogP contribution < -0.4 is 0 Å².